The van der Waals surface area contributed by atoms with Gasteiger partial charge in [-0.25, -0.2) is 0 Å². The van der Waals surface area contributed by atoms with Crippen molar-refractivity contribution >= 4 is 10.8 Å². The fourth-order valence-corrected chi connectivity index (χ4v) is 2.21. The molecule has 0 heterocycles. The van der Waals surface area contributed by atoms with Gasteiger partial charge < -0.3 is 10.1 Å². The molecular formula is C17H19NO. The van der Waals surface area contributed by atoms with E-state index >= 15 is 0 Å². The van der Waals surface area contributed by atoms with E-state index in [-0.39, 0.29) is 0 Å². The Kier molecular flexibility index (Phi) is 4.43. The van der Waals surface area contributed by atoms with Gasteiger partial charge in [-0.3, -0.25) is 0 Å². The lowest BCUT2D eigenvalue weighted by Gasteiger charge is -2.15. The van der Waals surface area contributed by atoms with Crippen LogP contribution in [0.3, 0.4) is 0 Å². The van der Waals surface area contributed by atoms with Crippen LogP contribution in [0.25, 0.3) is 10.8 Å². The van der Waals surface area contributed by atoms with Crippen LogP contribution in [0.15, 0.2) is 36.4 Å². The van der Waals surface area contributed by atoms with Crippen LogP contribution in [0.2, 0.25) is 0 Å². The average molecular weight is 253 g/mol. The van der Waals surface area contributed by atoms with Crippen molar-refractivity contribution in [2.45, 2.75) is 25.9 Å². The molecule has 0 amide bonds. The van der Waals surface area contributed by atoms with Crippen molar-refractivity contribution in [2.75, 3.05) is 7.11 Å². The minimum absolute atomic E-state index is 0.300. The monoisotopic (exact) mass is 253 g/mol. The quantitative estimate of drug-likeness (QED) is 0.825. The third-order valence-electron chi connectivity index (χ3n) is 3.27. The molecule has 19 heavy (non-hydrogen) atoms. The van der Waals surface area contributed by atoms with Gasteiger partial charge in [0.1, 0.15) is 5.75 Å². The lowest BCUT2D eigenvalue weighted by molar-refractivity contribution is 0.407. The number of terminal acetylenes is 1. The highest BCUT2D eigenvalue weighted by molar-refractivity contribution is 5.87. The topological polar surface area (TPSA) is 21.3 Å². The number of nitrogens with one attached hydrogen (secondary N) is 1. The molecule has 0 bridgehead atoms. The second-order valence-corrected chi connectivity index (χ2v) is 4.66. The van der Waals surface area contributed by atoms with Crippen LogP contribution in [0, 0.1) is 12.3 Å². The normalized spacial score (nSPS) is 12.1. The molecule has 2 aromatic rings. The van der Waals surface area contributed by atoms with E-state index in [1.807, 2.05) is 12.1 Å². The largest absolute Gasteiger partial charge is 0.496 e. The highest BCUT2D eigenvalue weighted by Crippen LogP contribution is 2.27. The zero-order chi connectivity index (χ0) is 13.7. The molecule has 2 aromatic carbocycles. The third kappa shape index (κ3) is 3.07. The standard InChI is InChI=1S/C17H19NO/c1-4-7-13(2)18-12-16-15-9-6-5-8-14(15)10-11-17(16)19-3/h1,5-6,8-11,13,18H,7,12H2,2-3H3. The van der Waals surface area contributed by atoms with Crippen LogP contribution < -0.4 is 10.1 Å². The van der Waals surface area contributed by atoms with Crippen LogP contribution in [0.4, 0.5) is 0 Å². The van der Waals surface area contributed by atoms with Gasteiger partial charge in [0, 0.05) is 24.6 Å². The Hall–Kier alpha value is -1.98. The fraction of sp³-hybridized carbons (Fsp3) is 0.294. The molecule has 2 nitrogen and oxygen atoms in total. The number of rotatable bonds is 5. The molecule has 0 aliphatic heterocycles. The summed E-state index contributed by atoms with van der Waals surface area (Å²) in [6.07, 6.45) is 6.06. The van der Waals surface area contributed by atoms with Gasteiger partial charge >= 0.3 is 0 Å². The zero-order valence-electron chi connectivity index (χ0n) is 11.4. The van der Waals surface area contributed by atoms with Gasteiger partial charge in [0.15, 0.2) is 0 Å². The summed E-state index contributed by atoms with van der Waals surface area (Å²) in [6.45, 7) is 2.85. The Bertz CT molecular complexity index is 598. The molecule has 0 radical (unpaired) electrons. The summed E-state index contributed by atoms with van der Waals surface area (Å²) in [7, 11) is 1.71. The van der Waals surface area contributed by atoms with E-state index in [0.29, 0.717) is 6.04 Å². The summed E-state index contributed by atoms with van der Waals surface area (Å²) < 4.78 is 5.47. The van der Waals surface area contributed by atoms with Gasteiger partial charge in [0.05, 0.1) is 7.11 Å². The lowest BCUT2D eigenvalue weighted by Crippen LogP contribution is -2.25. The van der Waals surface area contributed by atoms with Gasteiger partial charge in [0.2, 0.25) is 0 Å². The van der Waals surface area contributed by atoms with Crippen molar-refractivity contribution in [1.29, 1.82) is 0 Å². The first-order valence-electron chi connectivity index (χ1n) is 6.47. The second kappa shape index (κ2) is 6.26. The van der Waals surface area contributed by atoms with E-state index < -0.39 is 0 Å². The number of methoxy groups -OCH3 is 1. The average Bonchev–Trinajstić information content (AvgIpc) is 2.44. The number of hydrogen-bond donors (Lipinski definition) is 1. The summed E-state index contributed by atoms with van der Waals surface area (Å²) in [5, 5.41) is 5.90. The number of fused-ring (bicyclic) bond motifs is 1. The maximum absolute atomic E-state index is 5.47. The summed E-state index contributed by atoms with van der Waals surface area (Å²) in [4.78, 5) is 0. The Morgan fingerprint density at radius 3 is 2.79 bits per heavy atom. The Morgan fingerprint density at radius 1 is 1.26 bits per heavy atom. The van der Waals surface area contributed by atoms with Crippen molar-refractivity contribution in [3.8, 4) is 18.1 Å². The van der Waals surface area contributed by atoms with Crippen molar-refractivity contribution in [3.63, 3.8) is 0 Å². The predicted molar refractivity (Wildman–Crippen MR) is 80.3 cm³/mol. The first-order chi connectivity index (χ1) is 9.26. The summed E-state index contributed by atoms with van der Waals surface area (Å²) in [6, 6.07) is 12.7. The van der Waals surface area contributed by atoms with E-state index in [9.17, 15) is 0 Å². The molecular weight excluding hydrogens is 234 g/mol. The maximum Gasteiger partial charge on any atom is 0.123 e. The van der Waals surface area contributed by atoms with Crippen LogP contribution in [0.1, 0.15) is 18.9 Å². The molecule has 1 atom stereocenters. The van der Waals surface area contributed by atoms with Gasteiger partial charge in [-0.05, 0) is 23.8 Å². The molecule has 0 spiro atoms. The molecule has 0 aliphatic rings. The minimum Gasteiger partial charge on any atom is -0.496 e. The van der Waals surface area contributed by atoms with Gasteiger partial charge in [-0.15, -0.1) is 12.3 Å². The van der Waals surface area contributed by atoms with E-state index in [0.717, 1.165) is 18.7 Å². The third-order valence-corrected chi connectivity index (χ3v) is 3.27. The van der Waals surface area contributed by atoms with Crippen LogP contribution in [-0.2, 0) is 6.54 Å². The molecule has 98 valence electrons. The summed E-state index contributed by atoms with van der Waals surface area (Å²) in [5.74, 6) is 3.59. The fourth-order valence-electron chi connectivity index (χ4n) is 2.21. The van der Waals surface area contributed by atoms with Gasteiger partial charge in [0.25, 0.3) is 0 Å². The number of hydrogen-bond acceptors (Lipinski definition) is 2. The predicted octanol–water partition coefficient (Wildman–Crippen LogP) is 3.35. The Balaban J connectivity index is 2.31. The van der Waals surface area contributed by atoms with Crippen molar-refractivity contribution < 1.29 is 4.74 Å². The van der Waals surface area contributed by atoms with Crippen molar-refractivity contribution in [3.05, 3.63) is 42.0 Å². The van der Waals surface area contributed by atoms with Gasteiger partial charge in [-0.2, -0.15) is 0 Å². The molecule has 0 aromatic heterocycles. The lowest BCUT2D eigenvalue weighted by atomic mass is 10.0. The van der Waals surface area contributed by atoms with Crippen LogP contribution in [0.5, 0.6) is 5.75 Å². The summed E-state index contributed by atoms with van der Waals surface area (Å²) >= 11 is 0. The highest BCUT2D eigenvalue weighted by atomic mass is 16.5. The molecule has 0 fully saturated rings. The van der Waals surface area contributed by atoms with Crippen LogP contribution >= 0.6 is 0 Å². The van der Waals surface area contributed by atoms with E-state index in [4.69, 9.17) is 11.2 Å². The smallest absolute Gasteiger partial charge is 0.123 e. The van der Waals surface area contributed by atoms with Gasteiger partial charge in [-0.1, -0.05) is 30.3 Å². The van der Waals surface area contributed by atoms with E-state index in [2.05, 4.69) is 42.4 Å². The molecule has 0 aliphatic carbocycles. The number of ether oxygens (including phenoxy) is 1. The molecule has 0 saturated heterocycles. The molecule has 1 unspecified atom stereocenters. The van der Waals surface area contributed by atoms with Crippen molar-refractivity contribution in [2.24, 2.45) is 0 Å². The molecule has 2 heteroatoms. The zero-order valence-corrected chi connectivity index (χ0v) is 11.4. The minimum atomic E-state index is 0.300. The molecule has 0 saturated carbocycles. The van der Waals surface area contributed by atoms with Crippen LogP contribution in [-0.4, -0.2) is 13.2 Å². The van der Waals surface area contributed by atoms with E-state index in [1.54, 1.807) is 7.11 Å². The highest BCUT2D eigenvalue weighted by Gasteiger charge is 2.09. The Labute approximate surface area is 114 Å². The Morgan fingerprint density at radius 2 is 2.05 bits per heavy atom. The molecule has 2 rings (SSSR count). The SMILES string of the molecule is C#CCC(C)NCc1c(OC)ccc2ccccc12. The summed E-state index contributed by atoms with van der Waals surface area (Å²) in [5.41, 5.74) is 1.18. The first-order valence-corrected chi connectivity index (χ1v) is 6.47. The van der Waals surface area contributed by atoms with E-state index in [1.165, 1.54) is 16.3 Å². The van der Waals surface area contributed by atoms with Crippen molar-refractivity contribution in [1.82, 2.24) is 5.32 Å². The first kappa shape index (κ1) is 13.5. The second-order valence-electron chi connectivity index (χ2n) is 4.66. The number of benzene rings is 2. The maximum atomic E-state index is 5.47. The molecule has 1 N–H and O–H groups in total.